The summed E-state index contributed by atoms with van der Waals surface area (Å²) in [6, 6.07) is 0. The maximum atomic E-state index is 10.9. The maximum Gasteiger partial charge on any atom is 0.333 e. The number of hydrogen-bond donors (Lipinski definition) is 1. The van der Waals surface area contributed by atoms with Gasteiger partial charge in [-0.2, -0.15) is 0 Å². The summed E-state index contributed by atoms with van der Waals surface area (Å²) < 4.78 is 9.11. The molecule has 0 rings (SSSR count). The van der Waals surface area contributed by atoms with Gasteiger partial charge < -0.3 is 14.6 Å². The summed E-state index contributed by atoms with van der Waals surface area (Å²) in [5, 5.41) is 8.27. The van der Waals surface area contributed by atoms with Crippen LogP contribution < -0.4 is 0 Å². The van der Waals surface area contributed by atoms with Crippen molar-refractivity contribution in [2.45, 2.75) is 26.1 Å². The Hall–Kier alpha value is -1.85. The van der Waals surface area contributed by atoms with Crippen LogP contribution in [0.5, 0.6) is 0 Å². The third kappa shape index (κ3) is 7.24. The van der Waals surface area contributed by atoms with E-state index in [2.05, 4.69) is 16.1 Å². The standard InChI is InChI=1S/C9H12O6/c1-3-8(12)14-6(2)15-9(13)5-4-7(10)11/h3,6H,1,4-5H2,2H3,(H,10,11). The van der Waals surface area contributed by atoms with Crippen LogP contribution in [0.1, 0.15) is 19.8 Å². The highest BCUT2D eigenvalue weighted by atomic mass is 16.7. The largest absolute Gasteiger partial charge is 0.481 e. The zero-order valence-electron chi connectivity index (χ0n) is 8.26. The van der Waals surface area contributed by atoms with E-state index in [9.17, 15) is 14.4 Å². The lowest BCUT2D eigenvalue weighted by Gasteiger charge is -2.12. The van der Waals surface area contributed by atoms with Crippen molar-refractivity contribution in [2.75, 3.05) is 0 Å². The van der Waals surface area contributed by atoms with Gasteiger partial charge in [-0.15, -0.1) is 0 Å². The summed E-state index contributed by atoms with van der Waals surface area (Å²) in [5.74, 6) is -2.54. The van der Waals surface area contributed by atoms with Crippen molar-refractivity contribution < 1.29 is 29.0 Å². The summed E-state index contributed by atoms with van der Waals surface area (Å²) in [6.45, 7) is 4.51. The number of carbonyl (C=O) groups excluding carboxylic acids is 2. The van der Waals surface area contributed by atoms with Crippen LogP contribution in [-0.4, -0.2) is 29.3 Å². The number of carboxylic acid groups (broad SMARTS) is 1. The Bertz CT molecular complexity index is 270. The number of rotatable bonds is 6. The lowest BCUT2D eigenvalue weighted by molar-refractivity contribution is -0.181. The monoisotopic (exact) mass is 216 g/mol. The van der Waals surface area contributed by atoms with Gasteiger partial charge in [0, 0.05) is 13.0 Å². The zero-order chi connectivity index (χ0) is 11.8. The van der Waals surface area contributed by atoms with Gasteiger partial charge in [-0.1, -0.05) is 6.58 Å². The van der Waals surface area contributed by atoms with Gasteiger partial charge in [0.2, 0.25) is 6.29 Å². The molecular formula is C9H12O6. The highest BCUT2D eigenvalue weighted by Gasteiger charge is 2.13. The van der Waals surface area contributed by atoms with Crippen molar-refractivity contribution in [2.24, 2.45) is 0 Å². The fraction of sp³-hybridized carbons (Fsp3) is 0.444. The summed E-state index contributed by atoms with van der Waals surface area (Å²) in [5.41, 5.74) is 0. The van der Waals surface area contributed by atoms with Gasteiger partial charge in [-0.05, 0) is 0 Å². The Kier molecular flexibility index (Phi) is 5.77. The smallest absolute Gasteiger partial charge is 0.333 e. The van der Waals surface area contributed by atoms with E-state index in [1.165, 1.54) is 6.92 Å². The van der Waals surface area contributed by atoms with E-state index in [1.807, 2.05) is 0 Å². The topological polar surface area (TPSA) is 89.9 Å². The number of ether oxygens (including phenoxy) is 2. The predicted octanol–water partition coefficient (Wildman–Crippen LogP) is 0.470. The van der Waals surface area contributed by atoms with Gasteiger partial charge in [0.15, 0.2) is 0 Å². The molecule has 0 aliphatic carbocycles. The Morgan fingerprint density at radius 2 is 1.93 bits per heavy atom. The SMILES string of the molecule is C=CC(=O)OC(C)OC(=O)CCC(=O)O. The summed E-state index contributed by atoms with van der Waals surface area (Å²) in [6.07, 6.45) is -0.690. The summed E-state index contributed by atoms with van der Waals surface area (Å²) in [4.78, 5) is 31.7. The van der Waals surface area contributed by atoms with Crippen LogP contribution in [0.3, 0.4) is 0 Å². The fourth-order valence-electron chi connectivity index (χ4n) is 0.689. The second-order valence-electron chi connectivity index (χ2n) is 2.59. The first-order valence-electron chi connectivity index (χ1n) is 4.20. The molecule has 0 fully saturated rings. The van der Waals surface area contributed by atoms with Crippen LogP contribution >= 0.6 is 0 Å². The molecule has 0 saturated heterocycles. The molecule has 0 aromatic heterocycles. The summed E-state index contributed by atoms with van der Waals surface area (Å²) in [7, 11) is 0. The third-order valence-electron chi connectivity index (χ3n) is 1.29. The third-order valence-corrected chi connectivity index (χ3v) is 1.29. The van der Waals surface area contributed by atoms with E-state index in [1.54, 1.807) is 0 Å². The molecular weight excluding hydrogens is 204 g/mol. The molecule has 1 atom stereocenters. The van der Waals surface area contributed by atoms with Gasteiger partial charge in [0.25, 0.3) is 0 Å². The molecule has 0 aromatic carbocycles. The predicted molar refractivity (Wildman–Crippen MR) is 48.7 cm³/mol. The van der Waals surface area contributed by atoms with Crippen molar-refractivity contribution in [1.82, 2.24) is 0 Å². The minimum atomic E-state index is -1.09. The van der Waals surface area contributed by atoms with Crippen molar-refractivity contribution in [1.29, 1.82) is 0 Å². The van der Waals surface area contributed by atoms with Gasteiger partial charge >= 0.3 is 17.9 Å². The Morgan fingerprint density at radius 3 is 2.40 bits per heavy atom. The van der Waals surface area contributed by atoms with Gasteiger partial charge in [-0.25, -0.2) is 4.79 Å². The van der Waals surface area contributed by atoms with E-state index in [-0.39, 0.29) is 12.8 Å². The van der Waals surface area contributed by atoms with Crippen molar-refractivity contribution in [3.63, 3.8) is 0 Å². The number of hydrogen-bond acceptors (Lipinski definition) is 5. The van der Waals surface area contributed by atoms with Crippen LogP contribution in [0.25, 0.3) is 0 Å². The molecule has 0 amide bonds. The van der Waals surface area contributed by atoms with Crippen molar-refractivity contribution >= 4 is 17.9 Å². The molecule has 0 aromatic rings. The van der Waals surface area contributed by atoms with Gasteiger partial charge in [-0.3, -0.25) is 9.59 Å². The van der Waals surface area contributed by atoms with Crippen LogP contribution in [-0.2, 0) is 23.9 Å². The van der Waals surface area contributed by atoms with E-state index < -0.39 is 24.2 Å². The van der Waals surface area contributed by atoms with E-state index >= 15 is 0 Å². The lowest BCUT2D eigenvalue weighted by atomic mass is 10.3. The quantitative estimate of drug-likeness (QED) is 0.394. The number of carboxylic acids is 1. The normalized spacial score (nSPS) is 11.3. The van der Waals surface area contributed by atoms with E-state index in [0.717, 1.165) is 6.08 Å². The average Bonchev–Trinajstić information content (AvgIpc) is 2.14. The Balaban J connectivity index is 3.80. The first-order chi connectivity index (χ1) is 6.95. The molecule has 15 heavy (non-hydrogen) atoms. The minimum Gasteiger partial charge on any atom is -0.481 e. The van der Waals surface area contributed by atoms with Gasteiger partial charge in [0.1, 0.15) is 0 Å². The van der Waals surface area contributed by atoms with Crippen LogP contribution in [0.4, 0.5) is 0 Å². The van der Waals surface area contributed by atoms with E-state index in [4.69, 9.17) is 5.11 Å². The highest BCUT2D eigenvalue weighted by molar-refractivity contribution is 5.81. The molecule has 0 spiro atoms. The molecule has 0 saturated carbocycles. The Morgan fingerprint density at radius 1 is 1.33 bits per heavy atom. The van der Waals surface area contributed by atoms with Crippen LogP contribution in [0.2, 0.25) is 0 Å². The number of esters is 2. The molecule has 0 bridgehead atoms. The molecule has 0 aliphatic heterocycles. The molecule has 1 unspecified atom stereocenters. The molecule has 0 heterocycles. The fourth-order valence-corrected chi connectivity index (χ4v) is 0.689. The Labute approximate surface area is 86.5 Å². The molecule has 6 heteroatoms. The van der Waals surface area contributed by atoms with Crippen molar-refractivity contribution in [3.8, 4) is 0 Å². The second-order valence-corrected chi connectivity index (χ2v) is 2.59. The summed E-state index contributed by atoms with van der Waals surface area (Å²) >= 11 is 0. The lowest BCUT2D eigenvalue weighted by Crippen LogP contribution is -2.21. The molecule has 0 radical (unpaired) electrons. The first-order valence-corrected chi connectivity index (χ1v) is 4.20. The van der Waals surface area contributed by atoms with Crippen LogP contribution in [0, 0.1) is 0 Å². The minimum absolute atomic E-state index is 0.259. The molecule has 1 N–H and O–H groups in total. The number of aliphatic carboxylic acids is 1. The maximum absolute atomic E-state index is 10.9. The molecule has 84 valence electrons. The van der Waals surface area contributed by atoms with Crippen LogP contribution in [0.15, 0.2) is 12.7 Å². The highest BCUT2D eigenvalue weighted by Crippen LogP contribution is 2.00. The zero-order valence-corrected chi connectivity index (χ0v) is 8.26. The molecule has 6 nitrogen and oxygen atoms in total. The first kappa shape index (κ1) is 13.2. The molecule has 0 aliphatic rings. The number of carbonyl (C=O) groups is 3. The average molecular weight is 216 g/mol. The van der Waals surface area contributed by atoms with Gasteiger partial charge in [0.05, 0.1) is 12.8 Å². The second kappa shape index (κ2) is 6.58. The van der Waals surface area contributed by atoms with Crippen molar-refractivity contribution in [3.05, 3.63) is 12.7 Å². The van der Waals surface area contributed by atoms with E-state index in [0.29, 0.717) is 0 Å².